The van der Waals surface area contributed by atoms with E-state index in [0.29, 0.717) is 28.3 Å². The third-order valence-electron chi connectivity index (χ3n) is 4.97. The third-order valence-corrected chi connectivity index (χ3v) is 5.86. The number of halogens is 1. The second-order valence-electron chi connectivity index (χ2n) is 7.29. The molecule has 0 heterocycles. The maximum absolute atomic E-state index is 12.6. The van der Waals surface area contributed by atoms with Crippen molar-refractivity contribution in [1.29, 1.82) is 0 Å². The van der Waals surface area contributed by atoms with E-state index >= 15 is 0 Å². The summed E-state index contributed by atoms with van der Waals surface area (Å²) in [6.07, 6.45) is 2.30. The summed E-state index contributed by atoms with van der Waals surface area (Å²) < 4.78 is 5.25. The lowest BCUT2D eigenvalue weighted by Crippen LogP contribution is -2.42. The zero-order chi connectivity index (χ0) is 23.6. The topological polar surface area (TPSA) is 72.5 Å². The van der Waals surface area contributed by atoms with Crippen molar-refractivity contribution in [2.24, 2.45) is 0 Å². The normalized spacial score (nSPS) is 11.5. The molecule has 33 heavy (non-hydrogen) atoms. The van der Waals surface area contributed by atoms with Crippen LogP contribution in [-0.4, -0.2) is 42.3 Å². The van der Waals surface area contributed by atoms with Crippen LogP contribution in [0.2, 0.25) is 5.02 Å². The quantitative estimate of drug-likeness (QED) is 0.315. The number of rotatable bonds is 10. The van der Waals surface area contributed by atoms with Gasteiger partial charge in [-0.3, -0.25) is 9.59 Å². The van der Waals surface area contributed by atoms with E-state index in [4.69, 9.17) is 16.3 Å². The van der Waals surface area contributed by atoms with Crippen LogP contribution in [0, 0.1) is 0 Å². The van der Waals surface area contributed by atoms with Crippen molar-refractivity contribution in [2.75, 3.05) is 18.6 Å². The Balaban J connectivity index is 1.59. The van der Waals surface area contributed by atoms with Gasteiger partial charge in [-0.1, -0.05) is 66.2 Å². The van der Waals surface area contributed by atoms with Gasteiger partial charge in [0.05, 0.1) is 0 Å². The van der Waals surface area contributed by atoms with Crippen LogP contribution in [0.25, 0.3) is 11.1 Å². The van der Waals surface area contributed by atoms with Crippen LogP contribution in [0.4, 0.5) is 0 Å². The van der Waals surface area contributed by atoms with Gasteiger partial charge in [-0.25, -0.2) is 4.79 Å². The highest BCUT2D eigenvalue weighted by Gasteiger charge is 2.23. The van der Waals surface area contributed by atoms with E-state index in [2.05, 4.69) is 5.32 Å². The van der Waals surface area contributed by atoms with Gasteiger partial charge in [0.15, 0.2) is 12.4 Å². The van der Waals surface area contributed by atoms with Gasteiger partial charge in [0, 0.05) is 16.1 Å². The molecule has 1 N–H and O–H groups in total. The summed E-state index contributed by atoms with van der Waals surface area (Å²) in [5, 5.41) is 3.21. The Labute approximate surface area is 202 Å². The number of amides is 1. The van der Waals surface area contributed by atoms with E-state index in [9.17, 15) is 14.4 Å². The molecule has 3 aromatic carbocycles. The molecule has 0 bridgehead atoms. The predicted molar refractivity (Wildman–Crippen MR) is 133 cm³/mol. The van der Waals surface area contributed by atoms with Crippen molar-refractivity contribution in [3.05, 3.63) is 95.0 Å². The Bertz CT molecular complexity index is 1090. The molecule has 1 amide bonds. The molecule has 0 aliphatic carbocycles. The molecule has 0 aliphatic rings. The van der Waals surface area contributed by atoms with E-state index in [1.807, 2.05) is 48.7 Å². The van der Waals surface area contributed by atoms with Gasteiger partial charge in [-0.15, -0.1) is 0 Å². The molecule has 0 spiro atoms. The van der Waals surface area contributed by atoms with E-state index in [0.717, 1.165) is 11.1 Å². The van der Waals surface area contributed by atoms with E-state index in [1.165, 1.54) is 0 Å². The third kappa shape index (κ3) is 7.20. The first kappa shape index (κ1) is 24.6. The number of carbonyl (C=O) groups is 3. The zero-order valence-corrected chi connectivity index (χ0v) is 19.7. The van der Waals surface area contributed by atoms with Gasteiger partial charge in [-0.05, 0) is 53.8 Å². The van der Waals surface area contributed by atoms with Crippen LogP contribution in [0.3, 0.4) is 0 Å². The average Bonchev–Trinajstić information content (AvgIpc) is 2.85. The van der Waals surface area contributed by atoms with E-state index < -0.39 is 24.5 Å². The van der Waals surface area contributed by atoms with Gasteiger partial charge in [0.25, 0.3) is 5.91 Å². The zero-order valence-electron chi connectivity index (χ0n) is 18.1. The first-order valence-electron chi connectivity index (χ1n) is 10.4. The number of nitrogens with one attached hydrogen (secondary N) is 1. The summed E-state index contributed by atoms with van der Waals surface area (Å²) >= 11 is 7.41. The predicted octanol–water partition coefficient (Wildman–Crippen LogP) is 5.28. The van der Waals surface area contributed by atoms with Crippen LogP contribution in [-0.2, 0) is 9.53 Å². The van der Waals surface area contributed by atoms with Crippen molar-refractivity contribution in [2.45, 2.75) is 12.5 Å². The molecule has 0 aromatic heterocycles. The van der Waals surface area contributed by atoms with Crippen LogP contribution in [0.5, 0.6) is 0 Å². The van der Waals surface area contributed by atoms with Gasteiger partial charge < -0.3 is 10.1 Å². The van der Waals surface area contributed by atoms with Crippen LogP contribution in [0.1, 0.15) is 27.1 Å². The molecule has 0 saturated carbocycles. The van der Waals surface area contributed by atoms with Crippen LogP contribution in [0.15, 0.2) is 78.9 Å². The molecule has 0 unspecified atom stereocenters. The molecule has 170 valence electrons. The van der Waals surface area contributed by atoms with Gasteiger partial charge in [0.1, 0.15) is 6.04 Å². The molecule has 7 heteroatoms. The summed E-state index contributed by atoms with van der Waals surface area (Å²) in [6.45, 7) is -0.393. The smallest absolute Gasteiger partial charge is 0.329 e. The Morgan fingerprint density at radius 2 is 1.48 bits per heavy atom. The highest BCUT2D eigenvalue weighted by atomic mass is 35.5. The molecule has 3 rings (SSSR count). The van der Waals surface area contributed by atoms with Gasteiger partial charge >= 0.3 is 5.97 Å². The fourth-order valence-electron chi connectivity index (χ4n) is 3.13. The van der Waals surface area contributed by atoms with Crippen molar-refractivity contribution >= 4 is 41.0 Å². The monoisotopic (exact) mass is 481 g/mol. The Morgan fingerprint density at radius 3 is 2.12 bits per heavy atom. The molecule has 0 radical (unpaired) electrons. The number of Topliss-reactive ketones (excluding diaryl/α,β-unsaturated/α-hetero) is 1. The van der Waals surface area contributed by atoms with Crippen molar-refractivity contribution in [3.8, 4) is 11.1 Å². The summed E-state index contributed by atoms with van der Waals surface area (Å²) in [7, 11) is 0. The van der Waals surface area contributed by atoms with Gasteiger partial charge in [-0.2, -0.15) is 11.8 Å². The Morgan fingerprint density at radius 1 is 0.879 bits per heavy atom. The number of ketones is 1. The molecule has 0 aliphatic heterocycles. The molecule has 3 aromatic rings. The summed E-state index contributed by atoms with van der Waals surface area (Å²) in [5.41, 5.74) is 2.88. The van der Waals surface area contributed by atoms with Crippen LogP contribution < -0.4 is 5.32 Å². The molecule has 0 fully saturated rings. The largest absolute Gasteiger partial charge is 0.456 e. The Kier molecular flexibility index (Phi) is 9.10. The number of thioether (sulfide) groups is 1. The van der Waals surface area contributed by atoms with Crippen LogP contribution >= 0.6 is 23.4 Å². The lowest BCUT2D eigenvalue weighted by Gasteiger charge is -2.17. The second kappa shape index (κ2) is 12.2. The number of benzene rings is 3. The van der Waals surface area contributed by atoms with E-state index in [-0.39, 0.29) is 5.78 Å². The lowest BCUT2D eigenvalue weighted by atomic mass is 10.0. The number of esters is 1. The molecule has 1 atom stereocenters. The summed E-state index contributed by atoms with van der Waals surface area (Å²) in [5.74, 6) is -0.705. The first-order chi connectivity index (χ1) is 16.0. The molecular formula is C26H24ClNO4S. The fraction of sp³-hybridized carbons (Fsp3) is 0.192. The molecular weight excluding hydrogens is 458 g/mol. The standard InChI is InChI=1S/C26H24ClNO4S/c1-33-16-15-23(28-25(30)21-11-13-22(27)14-12-21)26(31)32-17-24(29)20-9-7-19(8-10-20)18-5-3-2-4-6-18/h2-14,23H,15-17H2,1H3,(H,28,30)/t23-/m1/s1. The number of carbonyl (C=O) groups excluding carboxylic acids is 3. The minimum Gasteiger partial charge on any atom is -0.456 e. The number of ether oxygens (including phenoxy) is 1. The number of hydrogen-bond acceptors (Lipinski definition) is 5. The number of hydrogen-bond donors (Lipinski definition) is 1. The van der Waals surface area contributed by atoms with E-state index in [1.54, 1.807) is 48.2 Å². The summed E-state index contributed by atoms with van der Waals surface area (Å²) in [4.78, 5) is 37.7. The van der Waals surface area contributed by atoms with Crippen molar-refractivity contribution in [3.63, 3.8) is 0 Å². The molecule has 5 nitrogen and oxygen atoms in total. The average molecular weight is 482 g/mol. The molecule has 0 saturated heterocycles. The minimum absolute atomic E-state index is 0.310. The van der Waals surface area contributed by atoms with Crippen molar-refractivity contribution in [1.82, 2.24) is 5.32 Å². The highest BCUT2D eigenvalue weighted by Crippen LogP contribution is 2.19. The fourth-order valence-corrected chi connectivity index (χ4v) is 3.72. The SMILES string of the molecule is CSCC[C@@H](NC(=O)c1ccc(Cl)cc1)C(=O)OCC(=O)c1ccc(-c2ccccc2)cc1. The minimum atomic E-state index is -0.853. The maximum Gasteiger partial charge on any atom is 0.329 e. The van der Waals surface area contributed by atoms with Gasteiger partial charge in [0.2, 0.25) is 0 Å². The summed E-state index contributed by atoms with van der Waals surface area (Å²) in [6, 6.07) is 22.5. The van der Waals surface area contributed by atoms with Crippen molar-refractivity contribution < 1.29 is 19.1 Å². The maximum atomic E-state index is 12.6. The second-order valence-corrected chi connectivity index (χ2v) is 8.71. The highest BCUT2D eigenvalue weighted by molar-refractivity contribution is 7.98. The lowest BCUT2D eigenvalue weighted by molar-refractivity contribution is -0.144. The Hall–Kier alpha value is -3.09. The first-order valence-corrected chi connectivity index (χ1v) is 12.2.